The van der Waals surface area contributed by atoms with Crippen molar-refractivity contribution in [1.82, 2.24) is 0 Å². The van der Waals surface area contributed by atoms with E-state index in [9.17, 15) is 0 Å². The van der Waals surface area contributed by atoms with Gasteiger partial charge >= 0.3 is 8.56 Å². The van der Waals surface area contributed by atoms with Crippen molar-refractivity contribution in [2.75, 3.05) is 28.4 Å². The van der Waals surface area contributed by atoms with E-state index in [0.29, 0.717) is 0 Å². The summed E-state index contributed by atoms with van der Waals surface area (Å²) < 4.78 is 22.2. The highest BCUT2D eigenvalue weighted by Gasteiger charge is 2.60. The molecule has 0 aromatic rings. The summed E-state index contributed by atoms with van der Waals surface area (Å²) in [5.41, 5.74) is -0.630. The monoisotopic (exact) mass is 238 g/mol. The number of hydrogen-bond donors (Lipinski definition) is 0. The molecular formula is C9H22O5Si. The lowest BCUT2D eigenvalue weighted by molar-refractivity contribution is -0.183. The van der Waals surface area contributed by atoms with Crippen molar-refractivity contribution >= 4 is 8.56 Å². The van der Waals surface area contributed by atoms with Crippen molar-refractivity contribution in [3.05, 3.63) is 0 Å². The van der Waals surface area contributed by atoms with Gasteiger partial charge in [-0.05, 0) is 12.5 Å². The first-order valence-corrected chi connectivity index (χ1v) is 6.93. The topological polar surface area (TPSA) is 68.4 Å². The smallest absolute Gasteiger partial charge is 0.399 e. The van der Waals surface area contributed by atoms with Crippen LogP contribution in [-0.2, 0) is 18.3 Å². The van der Waals surface area contributed by atoms with E-state index in [4.69, 9.17) is 18.3 Å². The van der Waals surface area contributed by atoms with E-state index in [0.717, 1.165) is 25.3 Å². The third-order valence-corrected chi connectivity index (χ3v) is 7.31. The van der Waals surface area contributed by atoms with E-state index in [2.05, 4.69) is 0 Å². The fourth-order valence-corrected chi connectivity index (χ4v) is 5.77. The van der Waals surface area contributed by atoms with Gasteiger partial charge in [-0.15, -0.1) is 0 Å². The van der Waals surface area contributed by atoms with Crippen LogP contribution in [-0.4, -0.2) is 47.9 Å². The van der Waals surface area contributed by atoms with Crippen LogP contribution in [0.4, 0.5) is 0 Å². The highest BCUT2D eigenvalue weighted by atomic mass is 28.4. The molecule has 0 radical (unpaired) electrons. The Kier molecular flexibility index (Phi) is 5.93. The lowest BCUT2D eigenvalue weighted by Crippen LogP contribution is -2.65. The van der Waals surface area contributed by atoms with Crippen LogP contribution in [0.15, 0.2) is 0 Å². The van der Waals surface area contributed by atoms with Crippen LogP contribution in [0.5, 0.6) is 0 Å². The van der Waals surface area contributed by atoms with E-state index in [-0.39, 0.29) is 5.48 Å². The van der Waals surface area contributed by atoms with Gasteiger partial charge in [-0.1, -0.05) is 6.42 Å². The van der Waals surface area contributed by atoms with E-state index in [1.54, 1.807) is 28.4 Å². The summed E-state index contributed by atoms with van der Waals surface area (Å²) in [6.45, 7) is 0. The van der Waals surface area contributed by atoms with Gasteiger partial charge in [0.1, 0.15) is 0 Å². The molecule has 1 aliphatic heterocycles. The summed E-state index contributed by atoms with van der Waals surface area (Å²) in [5.74, 6) is 0. The minimum Gasteiger partial charge on any atom is -0.412 e. The van der Waals surface area contributed by atoms with Crippen molar-refractivity contribution in [2.24, 2.45) is 0 Å². The van der Waals surface area contributed by atoms with Crippen LogP contribution < -0.4 is 0 Å². The van der Waals surface area contributed by atoms with Gasteiger partial charge in [-0.25, -0.2) is 0 Å². The zero-order valence-electron chi connectivity index (χ0n) is 9.96. The fourth-order valence-electron chi connectivity index (χ4n) is 2.29. The molecule has 0 saturated carbocycles. The largest absolute Gasteiger partial charge is 0.412 e. The quantitative estimate of drug-likeness (QED) is 0.531. The van der Waals surface area contributed by atoms with E-state index in [1.807, 2.05) is 0 Å². The Bertz CT molecular complexity index is 159. The Hall–Kier alpha value is 0.0169. The minimum absolute atomic E-state index is 0. The number of ether oxygens (including phenoxy) is 2. The van der Waals surface area contributed by atoms with Crippen molar-refractivity contribution < 1.29 is 23.8 Å². The average Bonchev–Trinajstić information content (AvgIpc) is 2.28. The standard InChI is InChI=1S/C9H20O4Si.H2O/c1-10-9(11-2)7-5-6-8-14(9,12-3)13-4;/h5-8H2,1-4H3;1H2. The second kappa shape index (κ2) is 5.93. The lowest BCUT2D eigenvalue weighted by Gasteiger charge is -2.46. The molecule has 6 heteroatoms. The van der Waals surface area contributed by atoms with Crippen LogP contribution in [0, 0.1) is 0 Å². The molecule has 0 unspecified atom stereocenters. The number of rotatable bonds is 4. The molecule has 15 heavy (non-hydrogen) atoms. The molecule has 92 valence electrons. The van der Waals surface area contributed by atoms with Crippen LogP contribution in [0.25, 0.3) is 0 Å². The first-order valence-electron chi connectivity index (χ1n) is 4.91. The van der Waals surface area contributed by atoms with E-state index >= 15 is 0 Å². The van der Waals surface area contributed by atoms with Crippen LogP contribution in [0.3, 0.4) is 0 Å². The molecule has 0 aliphatic carbocycles. The molecule has 0 amide bonds. The zero-order chi connectivity index (χ0) is 10.7. The molecule has 5 nitrogen and oxygen atoms in total. The summed E-state index contributed by atoms with van der Waals surface area (Å²) in [7, 11) is 4.34. The summed E-state index contributed by atoms with van der Waals surface area (Å²) in [6.07, 6.45) is 3.08. The van der Waals surface area contributed by atoms with Gasteiger partial charge in [0.2, 0.25) is 5.41 Å². The molecule has 0 aromatic heterocycles. The second-order valence-corrected chi connectivity index (χ2v) is 7.11. The summed E-state index contributed by atoms with van der Waals surface area (Å²) in [4.78, 5) is 0. The molecule has 1 heterocycles. The Balaban J connectivity index is 0.00000196. The Morgan fingerprint density at radius 2 is 1.47 bits per heavy atom. The first-order chi connectivity index (χ1) is 6.70. The molecule has 1 aliphatic rings. The van der Waals surface area contributed by atoms with Crippen LogP contribution >= 0.6 is 0 Å². The maximum absolute atomic E-state index is 5.59. The predicted molar refractivity (Wildman–Crippen MR) is 58.8 cm³/mol. The molecular weight excluding hydrogens is 216 g/mol. The highest BCUT2D eigenvalue weighted by molar-refractivity contribution is 6.70. The van der Waals surface area contributed by atoms with E-state index in [1.165, 1.54) is 0 Å². The van der Waals surface area contributed by atoms with Crippen molar-refractivity contribution in [3.63, 3.8) is 0 Å². The van der Waals surface area contributed by atoms with Crippen LogP contribution in [0.2, 0.25) is 6.04 Å². The summed E-state index contributed by atoms with van der Waals surface area (Å²) in [6, 6.07) is 0.932. The summed E-state index contributed by atoms with van der Waals surface area (Å²) >= 11 is 0. The SMILES string of the molecule is COC1(OC)CCCC[Si]1(OC)OC.O. The molecule has 1 fully saturated rings. The third-order valence-electron chi connectivity index (χ3n) is 3.16. The van der Waals surface area contributed by atoms with E-state index < -0.39 is 14.0 Å². The molecule has 1 rings (SSSR count). The third kappa shape index (κ3) is 2.25. The minimum atomic E-state index is -2.35. The number of hydrogen-bond acceptors (Lipinski definition) is 4. The predicted octanol–water partition coefficient (Wildman–Crippen LogP) is 0.609. The maximum atomic E-state index is 5.59. The molecule has 0 aromatic carbocycles. The lowest BCUT2D eigenvalue weighted by atomic mass is 10.2. The van der Waals surface area contributed by atoms with Crippen LogP contribution in [0.1, 0.15) is 19.3 Å². The average molecular weight is 238 g/mol. The Morgan fingerprint density at radius 3 is 1.80 bits per heavy atom. The Labute approximate surface area is 92.2 Å². The molecule has 1 saturated heterocycles. The van der Waals surface area contributed by atoms with Crippen molar-refractivity contribution in [1.29, 1.82) is 0 Å². The van der Waals surface area contributed by atoms with Gasteiger partial charge in [-0.2, -0.15) is 0 Å². The van der Waals surface area contributed by atoms with Gasteiger partial charge < -0.3 is 23.8 Å². The summed E-state index contributed by atoms with van der Waals surface area (Å²) in [5, 5.41) is 0. The number of methoxy groups -OCH3 is 2. The highest BCUT2D eigenvalue weighted by Crippen LogP contribution is 2.40. The zero-order valence-corrected chi connectivity index (χ0v) is 11.0. The van der Waals surface area contributed by atoms with Gasteiger partial charge in [-0.3, -0.25) is 0 Å². The first kappa shape index (κ1) is 15.0. The molecule has 0 atom stereocenters. The second-order valence-electron chi connectivity index (χ2n) is 3.53. The van der Waals surface area contributed by atoms with Crippen molar-refractivity contribution in [3.8, 4) is 0 Å². The normalized spacial score (nSPS) is 23.2. The molecule has 0 bridgehead atoms. The maximum Gasteiger partial charge on any atom is 0.399 e. The molecule has 0 spiro atoms. The van der Waals surface area contributed by atoms with Crippen molar-refractivity contribution in [2.45, 2.75) is 30.7 Å². The fraction of sp³-hybridized carbons (Fsp3) is 1.00. The van der Waals surface area contributed by atoms with Gasteiger partial charge in [0.05, 0.1) is 0 Å². The van der Waals surface area contributed by atoms with Gasteiger partial charge in [0, 0.05) is 34.9 Å². The van der Waals surface area contributed by atoms with Gasteiger partial charge in [0.25, 0.3) is 0 Å². The molecule has 2 N–H and O–H groups in total. The Morgan fingerprint density at radius 1 is 0.933 bits per heavy atom. The van der Waals surface area contributed by atoms with Gasteiger partial charge in [0.15, 0.2) is 0 Å².